The van der Waals surface area contributed by atoms with E-state index in [9.17, 15) is 14.4 Å². The Morgan fingerprint density at radius 3 is 2.52 bits per heavy atom. The van der Waals surface area contributed by atoms with Crippen LogP contribution in [0.3, 0.4) is 0 Å². The van der Waals surface area contributed by atoms with Gasteiger partial charge < -0.3 is 14.2 Å². The molecule has 0 unspecified atom stereocenters. The number of hydrogen-bond acceptors (Lipinski definition) is 4. The van der Waals surface area contributed by atoms with Crippen molar-refractivity contribution in [3.63, 3.8) is 0 Å². The maximum absolute atomic E-state index is 12.9. The van der Waals surface area contributed by atoms with E-state index < -0.39 is 5.97 Å². The van der Waals surface area contributed by atoms with Gasteiger partial charge in [0.25, 0.3) is 0 Å². The largest absolute Gasteiger partial charge is 0.465 e. The van der Waals surface area contributed by atoms with E-state index in [4.69, 9.17) is 4.74 Å². The van der Waals surface area contributed by atoms with Crippen LogP contribution in [-0.4, -0.2) is 48.8 Å². The van der Waals surface area contributed by atoms with E-state index >= 15 is 0 Å². The van der Waals surface area contributed by atoms with E-state index in [0.29, 0.717) is 17.0 Å². The van der Waals surface area contributed by atoms with Gasteiger partial charge in [0.05, 0.1) is 23.9 Å². The van der Waals surface area contributed by atoms with Crippen molar-refractivity contribution in [3.05, 3.63) is 59.2 Å². The van der Waals surface area contributed by atoms with Gasteiger partial charge in [-0.15, -0.1) is 0 Å². The van der Waals surface area contributed by atoms with Crippen LogP contribution in [0.1, 0.15) is 64.3 Å². The maximum atomic E-state index is 12.9. The molecule has 6 nitrogen and oxygen atoms in total. The van der Waals surface area contributed by atoms with Crippen molar-refractivity contribution >= 4 is 29.1 Å². The number of carbonyl (C=O) groups excluding carboxylic acids is 3. The average molecular weight is 447 g/mol. The summed E-state index contributed by atoms with van der Waals surface area (Å²) >= 11 is 0. The van der Waals surface area contributed by atoms with Crippen LogP contribution in [0.25, 0.3) is 22.2 Å². The molecule has 0 saturated heterocycles. The topological polar surface area (TPSA) is 68.6 Å². The summed E-state index contributed by atoms with van der Waals surface area (Å²) in [5, 5.41) is 1.05. The van der Waals surface area contributed by atoms with Gasteiger partial charge in [-0.1, -0.05) is 43.5 Å². The fourth-order valence-electron chi connectivity index (χ4n) is 4.94. The van der Waals surface area contributed by atoms with Gasteiger partial charge in [-0.2, -0.15) is 0 Å². The van der Waals surface area contributed by atoms with E-state index in [1.165, 1.54) is 31.9 Å². The van der Waals surface area contributed by atoms with Gasteiger partial charge in [0, 0.05) is 25.0 Å². The molecular formula is C27H30N2O4. The van der Waals surface area contributed by atoms with Crippen LogP contribution in [-0.2, 0) is 16.1 Å². The molecule has 1 saturated carbocycles. The lowest BCUT2D eigenvalue weighted by Crippen LogP contribution is -2.26. The van der Waals surface area contributed by atoms with Crippen molar-refractivity contribution in [2.75, 3.05) is 21.2 Å². The Kier molecular flexibility index (Phi) is 6.63. The lowest BCUT2D eigenvalue weighted by atomic mass is 9.81. The molecule has 2 aromatic carbocycles. The average Bonchev–Trinajstić information content (AvgIpc) is 3.17. The maximum Gasteiger partial charge on any atom is 0.337 e. The smallest absolute Gasteiger partial charge is 0.337 e. The lowest BCUT2D eigenvalue weighted by Gasteiger charge is -2.24. The molecule has 172 valence electrons. The Balaban J connectivity index is 2.05. The minimum atomic E-state index is -0.410. The third-order valence-electron chi connectivity index (χ3n) is 6.63. The number of ether oxygens (including phenoxy) is 1. The summed E-state index contributed by atoms with van der Waals surface area (Å²) in [7, 11) is 4.84. The predicted molar refractivity (Wildman–Crippen MR) is 129 cm³/mol. The number of likely N-dealkylation sites (N-methyl/N-ethyl adjacent to an activating group) is 1. The van der Waals surface area contributed by atoms with Gasteiger partial charge in [-0.05, 0) is 48.1 Å². The molecule has 3 aromatic rings. The Bertz CT molecular complexity index is 1200. The van der Waals surface area contributed by atoms with Crippen molar-refractivity contribution in [1.82, 2.24) is 9.47 Å². The fourth-order valence-corrected chi connectivity index (χ4v) is 4.94. The van der Waals surface area contributed by atoms with Gasteiger partial charge in [-0.3, -0.25) is 9.59 Å². The number of hydrogen-bond donors (Lipinski definition) is 0. The van der Waals surface area contributed by atoms with Crippen molar-refractivity contribution in [1.29, 1.82) is 0 Å². The summed E-state index contributed by atoms with van der Waals surface area (Å²) in [4.78, 5) is 38.3. The first-order valence-electron chi connectivity index (χ1n) is 11.4. The highest BCUT2D eigenvalue weighted by molar-refractivity contribution is 5.99. The van der Waals surface area contributed by atoms with Crippen LogP contribution < -0.4 is 0 Å². The normalized spacial score (nSPS) is 14.3. The number of esters is 1. The number of fused-ring (bicyclic) bond motifs is 1. The van der Waals surface area contributed by atoms with Crippen molar-refractivity contribution in [2.45, 2.75) is 44.6 Å². The van der Waals surface area contributed by atoms with Crippen LogP contribution in [0.5, 0.6) is 0 Å². The van der Waals surface area contributed by atoms with Crippen LogP contribution in [0.2, 0.25) is 0 Å². The predicted octanol–water partition coefficient (Wildman–Crippen LogP) is 5.04. The Labute approximate surface area is 194 Å². The molecule has 1 aromatic heterocycles. The molecule has 1 fully saturated rings. The summed E-state index contributed by atoms with van der Waals surface area (Å²) in [6, 6.07) is 13.1. The highest BCUT2D eigenvalue weighted by Crippen LogP contribution is 2.44. The van der Waals surface area contributed by atoms with E-state index in [-0.39, 0.29) is 12.5 Å². The summed E-state index contributed by atoms with van der Waals surface area (Å²) in [5.74, 6) is -0.0958. The molecule has 0 aliphatic heterocycles. The Morgan fingerprint density at radius 1 is 1.09 bits per heavy atom. The van der Waals surface area contributed by atoms with Gasteiger partial charge in [-0.25, -0.2) is 4.79 Å². The Morgan fingerprint density at radius 2 is 1.85 bits per heavy atom. The van der Waals surface area contributed by atoms with E-state index in [0.717, 1.165) is 41.3 Å². The first kappa shape index (κ1) is 22.8. The van der Waals surface area contributed by atoms with Crippen molar-refractivity contribution < 1.29 is 19.1 Å². The quantitative estimate of drug-likeness (QED) is 0.393. The molecular weight excluding hydrogens is 416 g/mol. The Hall–Kier alpha value is -3.41. The molecule has 1 amide bonds. The third kappa shape index (κ3) is 4.42. The van der Waals surface area contributed by atoms with Gasteiger partial charge in [0.15, 0.2) is 0 Å². The molecule has 0 atom stereocenters. The first-order valence-corrected chi connectivity index (χ1v) is 11.4. The fraction of sp³-hybridized carbons (Fsp3) is 0.370. The number of aromatic nitrogens is 1. The van der Waals surface area contributed by atoms with Crippen LogP contribution in [0, 0.1) is 0 Å². The van der Waals surface area contributed by atoms with Crippen LogP contribution >= 0.6 is 0 Å². The molecule has 6 heteroatoms. The minimum Gasteiger partial charge on any atom is -0.465 e. The zero-order valence-corrected chi connectivity index (χ0v) is 19.5. The second kappa shape index (κ2) is 9.61. The van der Waals surface area contributed by atoms with Gasteiger partial charge in [0.2, 0.25) is 5.91 Å². The zero-order valence-electron chi connectivity index (χ0n) is 19.5. The molecule has 33 heavy (non-hydrogen) atoms. The molecule has 0 spiro atoms. The third-order valence-corrected chi connectivity index (χ3v) is 6.63. The molecule has 0 radical (unpaired) electrons. The molecule has 4 rings (SSSR count). The zero-order chi connectivity index (χ0) is 23.5. The standard InChI is InChI=1S/C27H30N2O4/c1-28(2)24(31)16-29-23-15-21(27(32)33-3)12-13-22(23)25(19-9-5-4-6-10-19)26(29)20-11-7-8-18(14-20)17-30/h7-8,11-15,17,19H,4-6,9-10,16H2,1-3H3. The minimum absolute atomic E-state index is 0.0432. The van der Waals surface area contributed by atoms with Gasteiger partial charge >= 0.3 is 5.97 Å². The summed E-state index contributed by atoms with van der Waals surface area (Å²) in [5.41, 5.74) is 4.94. The number of methoxy groups -OCH3 is 1. The van der Waals surface area contributed by atoms with Crippen LogP contribution in [0.4, 0.5) is 0 Å². The van der Waals surface area contributed by atoms with Crippen molar-refractivity contribution in [3.8, 4) is 11.3 Å². The van der Waals surface area contributed by atoms with Crippen LogP contribution in [0.15, 0.2) is 42.5 Å². The van der Waals surface area contributed by atoms with E-state index in [2.05, 4.69) is 0 Å². The molecule has 1 aliphatic rings. The number of rotatable bonds is 6. The molecule has 1 aliphatic carbocycles. The van der Waals surface area contributed by atoms with Gasteiger partial charge in [0.1, 0.15) is 12.8 Å². The van der Waals surface area contributed by atoms with Crippen molar-refractivity contribution in [2.24, 2.45) is 0 Å². The number of carbonyl (C=O) groups is 3. The second-order valence-electron chi connectivity index (χ2n) is 8.94. The molecule has 1 heterocycles. The highest BCUT2D eigenvalue weighted by atomic mass is 16.5. The summed E-state index contributed by atoms with van der Waals surface area (Å²) in [6.07, 6.45) is 6.58. The number of nitrogens with zero attached hydrogens (tertiary/aromatic N) is 2. The number of amides is 1. The SMILES string of the molecule is COC(=O)c1ccc2c(C3CCCCC3)c(-c3cccc(C=O)c3)n(CC(=O)N(C)C)c2c1. The molecule has 0 bridgehead atoms. The van der Waals surface area contributed by atoms with E-state index in [1.54, 1.807) is 31.1 Å². The lowest BCUT2D eigenvalue weighted by molar-refractivity contribution is -0.129. The monoisotopic (exact) mass is 446 g/mol. The summed E-state index contributed by atoms with van der Waals surface area (Å²) < 4.78 is 6.96. The second-order valence-corrected chi connectivity index (χ2v) is 8.94. The molecule has 0 N–H and O–H groups in total. The highest BCUT2D eigenvalue weighted by Gasteiger charge is 2.28. The number of benzene rings is 2. The first-order chi connectivity index (χ1) is 15.9. The summed E-state index contributed by atoms with van der Waals surface area (Å²) in [6.45, 7) is 0.140. The van der Waals surface area contributed by atoms with E-state index in [1.807, 2.05) is 34.9 Å². The number of aldehydes is 1.